The minimum absolute atomic E-state index is 0.739. The van der Waals surface area contributed by atoms with Gasteiger partial charge in [0.1, 0.15) is 12.2 Å². The highest BCUT2D eigenvalue weighted by Crippen LogP contribution is 2.14. The zero-order valence-electron chi connectivity index (χ0n) is 10.3. The predicted octanol–water partition coefficient (Wildman–Crippen LogP) is 1.48. The average molecular weight is 222 g/mol. The third kappa shape index (κ3) is 3.04. The largest absolute Gasteiger partial charge is 0.318 e. The highest BCUT2D eigenvalue weighted by atomic mass is 15.3. The van der Waals surface area contributed by atoms with Crippen LogP contribution in [0.2, 0.25) is 0 Å². The van der Waals surface area contributed by atoms with Crippen LogP contribution in [0, 0.1) is 11.8 Å². The quantitative estimate of drug-likeness (QED) is 0.820. The smallest absolute Gasteiger partial charge is 0.133 e. The Bertz CT molecular complexity index is 313. The van der Waals surface area contributed by atoms with Crippen LogP contribution in [-0.4, -0.2) is 27.9 Å². The van der Waals surface area contributed by atoms with Gasteiger partial charge < -0.3 is 9.88 Å². The van der Waals surface area contributed by atoms with E-state index in [1.807, 2.05) is 6.33 Å². The number of hydrogen-bond donors (Lipinski definition) is 1. The fraction of sp³-hybridized carbons (Fsp3) is 0.833. The van der Waals surface area contributed by atoms with Crippen molar-refractivity contribution in [3.05, 3.63) is 12.2 Å². The molecule has 0 aliphatic carbocycles. The first-order valence-corrected chi connectivity index (χ1v) is 6.33. The number of rotatable bonds is 5. The summed E-state index contributed by atoms with van der Waals surface area (Å²) in [6.07, 6.45) is 5.43. The van der Waals surface area contributed by atoms with E-state index in [-0.39, 0.29) is 0 Å². The minimum atomic E-state index is 0.739. The van der Waals surface area contributed by atoms with Crippen LogP contribution in [0.1, 0.15) is 32.5 Å². The third-order valence-corrected chi connectivity index (χ3v) is 3.28. The summed E-state index contributed by atoms with van der Waals surface area (Å²) in [5, 5.41) is 11.7. The molecule has 0 spiro atoms. The monoisotopic (exact) mass is 222 g/mol. The number of aryl methyl sites for hydroxylation is 1. The third-order valence-electron chi connectivity index (χ3n) is 3.28. The van der Waals surface area contributed by atoms with Crippen LogP contribution in [0.4, 0.5) is 0 Å². The molecule has 4 heteroatoms. The lowest BCUT2D eigenvalue weighted by Crippen LogP contribution is -2.14. The molecule has 1 atom stereocenters. The lowest BCUT2D eigenvalue weighted by atomic mass is 10.0. The van der Waals surface area contributed by atoms with Crippen LogP contribution < -0.4 is 5.32 Å². The van der Waals surface area contributed by atoms with E-state index in [2.05, 4.69) is 33.9 Å². The van der Waals surface area contributed by atoms with Crippen molar-refractivity contribution in [2.45, 2.75) is 39.7 Å². The fourth-order valence-electron chi connectivity index (χ4n) is 2.17. The number of nitrogens with zero attached hydrogens (tertiary/aromatic N) is 3. The highest BCUT2D eigenvalue weighted by molar-refractivity contribution is 4.90. The molecule has 1 aromatic heterocycles. The van der Waals surface area contributed by atoms with Gasteiger partial charge in [0.15, 0.2) is 0 Å². The van der Waals surface area contributed by atoms with E-state index in [0.29, 0.717) is 0 Å². The molecule has 0 radical (unpaired) electrons. The molecule has 0 amide bonds. The Morgan fingerprint density at radius 1 is 1.56 bits per heavy atom. The van der Waals surface area contributed by atoms with Gasteiger partial charge >= 0.3 is 0 Å². The van der Waals surface area contributed by atoms with Crippen molar-refractivity contribution in [2.24, 2.45) is 11.8 Å². The molecule has 0 saturated carbocycles. The molecule has 2 rings (SSSR count). The zero-order valence-corrected chi connectivity index (χ0v) is 10.3. The van der Waals surface area contributed by atoms with Crippen molar-refractivity contribution in [1.82, 2.24) is 20.1 Å². The first kappa shape index (κ1) is 11.6. The molecule has 1 aromatic rings. The van der Waals surface area contributed by atoms with Crippen molar-refractivity contribution < 1.29 is 0 Å². The van der Waals surface area contributed by atoms with Gasteiger partial charge in [0.25, 0.3) is 0 Å². The zero-order chi connectivity index (χ0) is 11.4. The van der Waals surface area contributed by atoms with Crippen molar-refractivity contribution in [3.8, 4) is 0 Å². The normalized spacial score (nSPS) is 20.8. The van der Waals surface area contributed by atoms with Crippen LogP contribution in [0.3, 0.4) is 0 Å². The molecule has 1 fully saturated rings. The first-order chi connectivity index (χ1) is 7.75. The highest BCUT2D eigenvalue weighted by Gasteiger charge is 2.17. The molecule has 4 nitrogen and oxygen atoms in total. The average Bonchev–Trinajstić information content (AvgIpc) is 2.87. The molecule has 1 aliphatic rings. The van der Waals surface area contributed by atoms with Gasteiger partial charge in [0.05, 0.1) is 0 Å². The molecule has 1 aliphatic heterocycles. The lowest BCUT2D eigenvalue weighted by molar-refractivity contribution is 0.483. The molecule has 1 saturated heterocycles. The maximum Gasteiger partial charge on any atom is 0.133 e. The van der Waals surface area contributed by atoms with Crippen LogP contribution in [-0.2, 0) is 13.0 Å². The summed E-state index contributed by atoms with van der Waals surface area (Å²) < 4.78 is 2.22. The van der Waals surface area contributed by atoms with E-state index in [1.165, 1.54) is 12.8 Å². The summed E-state index contributed by atoms with van der Waals surface area (Å²) >= 11 is 0. The minimum Gasteiger partial charge on any atom is -0.318 e. The first-order valence-electron chi connectivity index (χ1n) is 6.33. The number of hydrogen-bond acceptors (Lipinski definition) is 3. The van der Waals surface area contributed by atoms with Crippen molar-refractivity contribution in [1.29, 1.82) is 0 Å². The molecule has 90 valence electrons. The summed E-state index contributed by atoms with van der Waals surface area (Å²) in [6, 6.07) is 0. The van der Waals surface area contributed by atoms with Gasteiger partial charge in [-0.15, -0.1) is 10.2 Å². The Balaban J connectivity index is 1.90. The van der Waals surface area contributed by atoms with Crippen molar-refractivity contribution >= 4 is 0 Å². The van der Waals surface area contributed by atoms with Gasteiger partial charge in [-0.3, -0.25) is 0 Å². The van der Waals surface area contributed by atoms with E-state index in [9.17, 15) is 0 Å². The topological polar surface area (TPSA) is 42.7 Å². The maximum absolute atomic E-state index is 4.24. The van der Waals surface area contributed by atoms with Gasteiger partial charge in [0.2, 0.25) is 0 Å². The summed E-state index contributed by atoms with van der Waals surface area (Å²) in [5.74, 6) is 2.65. The standard InChI is InChI=1S/C12H22N4/c1-10(2)4-6-16-9-14-15-12(16)7-11-3-5-13-8-11/h9-11,13H,3-8H2,1-2H3. The molecule has 0 bridgehead atoms. The summed E-state index contributed by atoms with van der Waals surface area (Å²) in [5.41, 5.74) is 0. The second-order valence-electron chi connectivity index (χ2n) is 5.19. The second-order valence-corrected chi connectivity index (χ2v) is 5.19. The molecule has 1 N–H and O–H groups in total. The van der Waals surface area contributed by atoms with Gasteiger partial charge in [-0.1, -0.05) is 13.8 Å². The Hall–Kier alpha value is -0.900. The lowest BCUT2D eigenvalue weighted by Gasteiger charge is -2.11. The molecule has 1 unspecified atom stereocenters. The van der Waals surface area contributed by atoms with Crippen LogP contribution in [0.15, 0.2) is 6.33 Å². The van der Waals surface area contributed by atoms with E-state index < -0.39 is 0 Å². The Kier molecular flexibility index (Phi) is 3.93. The van der Waals surface area contributed by atoms with Crippen LogP contribution >= 0.6 is 0 Å². The van der Waals surface area contributed by atoms with Crippen LogP contribution in [0.5, 0.6) is 0 Å². The van der Waals surface area contributed by atoms with Crippen LogP contribution in [0.25, 0.3) is 0 Å². The van der Waals surface area contributed by atoms with Gasteiger partial charge in [-0.25, -0.2) is 0 Å². The summed E-state index contributed by atoms with van der Waals surface area (Å²) in [4.78, 5) is 0. The summed E-state index contributed by atoms with van der Waals surface area (Å²) in [7, 11) is 0. The SMILES string of the molecule is CC(C)CCn1cnnc1CC1CCNC1. The molecular formula is C12H22N4. The van der Waals surface area contributed by atoms with E-state index in [1.54, 1.807) is 0 Å². The molecule has 2 heterocycles. The number of aromatic nitrogens is 3. The Labute approximate surface area is 97.5 Å². The second kappa shape index (κ2) is 5.43. The predicted molar refractivity (Wildman–Crippen MR) is 64.2 cm³/mol. The molecule has 0 aromatic carbocycles. The van der Waals surface area contributed by atoms with E-state index in [0.717, 1.165) is 43.7 Å². The Morgan fingerprint density at radius 2 is 2.44 bits per heavy atom. The van der Waals surface area contributed by atoms with Gasteiger partial charge in [-0.05, 0) is 37.8 Å². The van der Waals surface area contributed by atoms with Crippen molar-refractivity contribution in [3.63, 3.8) is 0 Å². The van der Waals surface area contributed by atoms with Gasteiger partial charge in [0, 0.05) is 13.0 Å². The van der Waals surface area contributed by atoms with Crippen molar-refractivity contribution in [2.75, 3.05) is 13.1 Å². The Morgan fingerprint density at radius 3 is 3.12 bits per heavy atom. The molecule has 16 heavy (non-hydrogen) atoms. The fourth-order valence-corrected chi connectivity index (χ4v) is 2.17. The maximum atomic E-state index is 4.24. The van der Waals surface area contributed by atoms with Gasteiger partial charge in [-0.2, -0.15) is 0 Å². The van der Waals surface area contributed by atoms with E-state index >= 15 is 0 Å². The summed E-state index contributed by atoms with van der Waals surface area (Å²) in [6.45, 7) is 7.86. The molecular weight excluding hydrogens is 200 g/mol. The van der Waals surface area contributed by atoms with E-state index in [4.69, 9.17) is 0 Å². The number of nitrogens with one attached hydrogen (secondary N) is 1.